The van der Waals surface area contributed by atoms with Crippen LogP contribution in [0.2, 0.25) is 0 Å². The van der Waals surface area contributed by atoms with Crippen molar-refractivity contribution in [3.8, 4) is 0 Å². The molecule has 0 spiro atoms. The smallest absolute Gasteiger partial charge is 0.237 e. The van der Waals surface area contributed by atoms with Crippen molar-refractivity contribution >= 4 is 17.2 Å². The van der Waals surface area contributed by atoms with Gasteiger partial charge in [0.2, 0.25) is 5.91 Å². The van der Waals surface area contributed by atoms with Gasteiger partial charge in [-0.05, 0) is 37.3 Å². The van der Waals surface area contributed by atoms with Crippen LogP contribution in [0, 0.1) is 0 Å². The quantitative estimate of drug-likeness (QED) is 0.869. The summed E-state index contributed by atoms with van der Waals surface area (Å²) in [7, 11) is 0. The Morgan fingerprint density at radius 2 is 2.42 bits per heavy atom. The Balaban J connectivity index is 1.94. The van der Waals surface area contributed by atoms with Gasteiger partial charge in [-0.3, -0.25) is 4.79 Å². The molecule has 1 aromatic heterocycles. The van der Waals surface area contributed by atoms with E-state index in [1.165, 1.54) is 17.7 Å². The minimum absolute atomic E-state index is 0.00168. The summed E-state index contributed by atoms with van der Waals surface area (Å²) < 4.78 is 0. The molecule has 2 atom stereocenters. The van der Waals surface area contributed by atoms with Crippen molar-refractivity contribution < 1.29 is 4.79 Å². The number of amides is 1. The molecule has 4 heteroatoms. The SMILES string of the molecule is CCCC(NC(=O)C1CCCCCN1)c1cccs1. The van der Waals surface area contributed by atoms with Gasteiger partial charge in [0.15, 0.2) is 0 Å². The zero-order valence-electron chi connectivity index (χ0n) is 11.7. The molecule has 19 heavy (non-hydrogen) atoms. The Hall–Kier alpha value is -0.870. The molecular formula is C15H24N2OS. The topological polar surface area (TPSA) is 41.1 Å². The standard InChI is InChI=1S/C15H24N2OS/c1-2-7-12(14-9-6-11-19-14)17-15(18)13-8-4-3-5-10-16-13/h6,9,11-13,16H,2-5,7-8,10H2,1H3,(H,17,18). The molecule has 1 aromatic rings. The molecule has 2 N–H and O–H groups in total. The first-order valence-electron chi connectivity index (χ1n) is 7.38. The molecule has 0 aliphatic carbocycles. The normalized spacial score (nSPS) is 21.6. The van der Waals surface area contributed by atoms with E-state index in [9.17, 15) is 4.79 Å². The highest BCUT2D eigenvalue weighted by atomic mass is 32.1. The third-order valence-electron chi connectivity index (χ3n) is 3.66. The van der Waals surface area contributed by atoms with Crippen molar-refractivity contribution in [3.63, 3.8) is 0 Å². The van der Waals surface area contributed by atoms with Gasteiger partial charge in [-0.2, -0.15) is 0 Å². The second-order valence-corrected chi connectivity index (χ2v) is 6.20. The molecule has 1 aliphatic rings. The number of rotatable bonds is 5. The Kier molecular flexibility index (Phi) is 5.86. The highest BCUT2D eigenvalue weighted by Gasteiger charge is 2.22. The third kappa shape index (κ3) is 4.32. The lowest BCUT2D eigenvalue weighted by Crippen LogP contribution is -2.44. The van der Waals surface area contributed by atoms with E-state index in [1.807, 2.05) is 0 Å². The summed E-state index contributed by atoms with van der Waals surface area (Å²) >= 11 is 1.73. The largest absolute Gasteiger partial charge is 0.347 e. The summed E-state index contributed by atoms with van der Waals surface area (Å²) in [6, 6.07) is 4.36. The van der Waals surface area contributed by atoms with E-state index in [4.69, 9.17) is 0 Å². The maximum atomic E-state index is 12.4. The first-order chi connectivity index (χ1) is 9.31. The van der Waals surface area contributed by atoms with Crippen LogP contribution in [0.15, 0.2) is 17.5 Å². The molecule has 1 fully saturated rings. The summed E-state index contributed by atoms with van der Waals surface area (Å²) in [6.45, 7) is 3.13. The third-order valence-corrected chi connectivity index (χ3v) is 4.64. The van der Waals surface area contributed by atoms with Crippen LogP contribution in [0.25, 0.3) is 0 Å². The Bertz CT molecular complexity index is 370. The second kappa shape index (κ2) is 7.65. The van der Waals surface area contributed by atoms with Crippen molar-refractivity contribution in [2.75, 3.05) is 6.54 Å². The molecular weight excluding hydrogens is 256 g/mol. The minimum atomic E-state index is 0.00168. The summed E-state index contributed by atoms with van der Waals surface area (Å²) in [5, 5.41) is 8.67. The molecule has 0 bridgehead atoms. The number of hydrogen-bond acceptors (Lipinski definition) is 3. The van der Waals surface area contributed by atoms with Gasteiger partial charge < -0.3 is 10.6 Å². The maximum absolute atomic E-state index is 12.4. The van der Waals surface area contributed by atoms with Crippen molar-refractivity contribution in [3.05, 3.63) is 22.4 Å². The number of thiophene rings is 1. The molecule has 1 saturated heterocycles. The average Bonchev–Trinajstić information content (AvgIpc) is 2.80. The van der Waals surface area contributed by atoms with E-state index >= 15 is 0 Å². The van der Waals surface area contributed by atoms with Gasteiger partial charge in [0.05, 0.1) is 12.1 Å². The fourth-order valence-corrected chi connectivity index (χ4v) is 3.40. The van der Waals surface area contributed by atoms with E-state index in [1.54, 1.807) is 11.3 Å². The van der Waals surface area contributed by atoms with Gasteiger partial charge in [0.1, 0.15) is 0 Å². The van der Waals surface area contributed by atoms with E-state index in [2.05, 4.69) is 35.1 Å². The molecule has 1 aliphatic heterocycles. The first kappa shape index (κ1) is 14.5. The summed E-state index contributed by atoms with van der Waals surface area (Å²) in [6.07, 6.45) is 6.64. The molecule has 2 rings (SSSR count). The van der Waals surface area contributed by atoms with Gasteiger partial charge in [-0.15, -0.1) is 11.3 Å². The van der Waals surface area contributed by atoms with Crippen LogP contribution < -0.4 is 10.6 Å². The molecule has 106 valence electrons. The lowest BCUT2D eigenvalue weighted by Gasteiger charge is -2.21. The van der Waals surface area contributed by atoms with Gasteiger partial charge in [-0.1, -0.05) is 32.3 Å². The maximum Gasteiger partial charge on any atom is 0.237 e. The van der Waals surface area contributed by atoms with Crippen LogP contribution in [0.4, 0.5) is 0 Å². The minimum Gasteiger partial charge on any atom is -0.347 e. The van der Waals surface area contributed by atoms with E-state index in [-0.39, 0.29) is 18.0 Å². The number of carbonyl (C=O) groups excluding carboxylic acids is 1. The van der Waals surface area contributed by atoms with Crippen molar-refractivity contribution in [1.29, 1.82) is 0 Å². The lowest BCUT2D eigenvalue weighted by atomic mass is 10.1. The molecule has 0 radical (unpaired) electrons. The number of carbonyl (C=O) groups is 1. The van der Waals surface area contributed by atoms with Gasteiger partial charge >= 0.3 is 0 Å². The lowest BCUT2D eigenvalue weighted by molar-refractivity contribution is -0.124. The van der Waals surface area contributed by atoms with Crippen LogP contribution in [0.3, 0.4) is 0 Å². The predicted octanol–water partition coefficient (Wildman–Crippen LogP) is 3.24. The highest BCUT2D eigenvalue weighted by molar-refractivity contribution is 7.10. The fraction of sp³-hybridized carbons (Fsp3) is 0.667. The van der Waals surface area contributed by atoms with E-state index in [0.29, 0.717) is 0 Å². The number of hydrogen-bond donors (Lipinski definition) is 2. The van der Waals surface area contributed by atoms with Crippen molar-refractivity contribution in [2.45, 2.75) is 57.5 Å². The molecule has 2 heterocycles. The van der Waals surface area contributed by atoms with Gasteiger partial charge in [0, 0.05) is 4.88 Å². The first-order valence-corrected chi connectivity index (χ1v) is 8.26. The Labute approximate surface area is 119 Å². The summed E-state index contributed by atoms with van der Waals surface area (Å²) in [4.78, 5) is 13.6. The predicted molar refractivity (Wildman–Crippen MR) is 80.4 cm³/mol. The molecule has 0 aromatic carbocycles. The van der Waals surface area contributed by atoms with Crippen LogP contribution in [0.1, 0.15) is 56.4 Å². The van der Waals surface area contributed by atoms with Gasteiger partial charge in [0.25, 0.3) is 0 Å². The zero-order chi connectivity index (χ0) is 13.5. The van der Waals surface area contributed by atoms with Crippen LogP contribution >= 0.6 is 11.3 Å². The average molecular weight is 280 g/mol. The van der Waals surface area contributed by atoms with Gasteiger partial charge in [-0.25, -0.2) is 0 Å². The van der Waals surface area contributed by atoms with Crippen molar-refractivity contribution in [2.24, 2.45) is 0 Å². The Morgan fingerprint density at radius 3 is 3.16 bits per heavy atom. The molecule has 2 unspecified atom stereocenters. The monoisotopic (exact) mass is 280 g/mol. The molecule has 3 nitrogen and oxygen atoms in total. The second-order valence-electron chi connectivity index (χ2n) is 5.22. The molecule has 1 amide bonds. The van der Waals surface area contributed by atoms with Crippen molar-refractivity contribution in [1.82, 2.24) is 10.6 Å². The summed E-state index contributed by atoms with van der Waals surface area (Å²) in [5.41, 5.74) is 0. The van der Waals surface area contributed by atoms with Crippen LogP contribution in [-0.4, -0.2) is 18.5 Å². The van der Waals surface area contributed by atoms with Crippen LogP contribution in [0.5, 0.6) is 0 Å². The molecule has 0 saturated carbocycles. The zero-order valence-corrected chi connectivity index (χ0v) is 12.5. The highest BCUT2D eigenvalue weighted by Crippen LogP contribution is 2.23. The summed E-state index contributed by atoms with van der Waals surface area (Å²) in [5.74, 6) is 0.175. The number of nitrogens with one attached hydrogen (secondary N) is 2. The van der Waals surface area contributed by atoms with E-state index in [0.717, 1.165) is 32.2 Å². The van der Waals surface area contributed by atoms with E-state index < -0.39 is 0 Å². The fourth-order valence-electron chi connectivity index (χ4n) is 2.59. The van der Waals surface area contributed by atoms with Crippen LogP contribution in [-0.2, 0) is 4.79 Å². The Morgan fingerprint density at radius 1 is 1.53 bits per heavy atom.